The van der Waals surface area contributed by atoms with Gasteiger partial charge in [0.2, 0.25) is 0 Å². The highest BCUT2D eigenvalue weighted by atomic mass is 35.5. The summed E-state index contributed by atoms with van der Waals surface area (Å²) < 4.78 is 0. The van der Waals surface area contributed by atoms with Crippen LogP contribution in [-0.4, -0.2) is 12.3 Å². The van der Waals surface area contributed by atoms with Gasteiger partial charge < -0.3 is 0 Å². The highest BCUT2D eigenvalue weighted by Gasteiger charge is 2.16. The monoisotopic (exact) mass is 256 g/mol. The molecule has 3 rings (SSSR count). The molecule has 0 radical (unpaired) electrons. The van der Waals surface area contributed by atoms with Crippen molar-refractivity contribution in [2.24, 2.45) is 5.10 Å². The molecule has 1 heterocycles. The van der Waals surface area contributed by atoms with Crippen LogP contribution in [0.3, 0.4) is 0 Å². The minimum Gasteiger partial charge on any atom is -0.265 e. The summed E-state index contributed by atoms with van der Waals surface area (Å²) in [4.78, 5) is 0. The molecule has 0 unspecified atom stereocenters. The van der Waals surface area contributed by atoms with Crippen molar-refractivity contribution in [3.8, 4) is 0 Å². The van der Waals surface area contributed by atoms with Crippen molar-refractivity contribution in [1.82, 2.24) is 0 Å². The van der Waals surface area contributed by atoms with Gasteiger partial charge in [0.1, 0.15) is 0 Å². The lowest BCUT2D eigenvalue weighted by Gasteiger charge is -2.13. The number of benzene rings is 2. The third-order valence-corrected chi connectivity index (χ3v) is 3.25. The van der Waals surface area contributed by atoms with Gasteiger partial charge in [0, 0.05) is 18.0 Å². The first-order chi connectivity index (χ1) is 8.83. The fraction of sp³-hybridized carbons (Fsp3) is 0.133. The fourth-order valence-electron chi connectivity index (χ4n) is 2.11. The molecular weight excluding hydrogens is 244 g/mol. The maximum atomic E-state index is 6.00. The standard InChI is InChI=1S/C15H13ClN2/c16-13-7-4-8-14(11-13)18-10-9-15(17-18)12-5-2-1-3-6-12/h1-8,11H,9-10H2. The second-order valence-electron chi connectivity index (χ2n) is 4.27. The Bertz CT molecular complexity index is 578. The van der Waals surface area contributed by atoms with E-state index in [2.05, 4.69) is 17.2 Å². The molecule has 0 fully saturated rings. The molecule has 0 aromatic heterocycles. The van der Waals surface area contributed by atoms with Gasteiger partial charge in [0.15, 0.2) is 0 Å². The van der Waals surface area contributed by atoms with Crippen LogP contribution >= 0.6 is 11.6 Å². The van der Waals surface area contributed by atoms with Gasteiger partial charge in [0.25, 0.3) is 0 Å². The van der Waals surface area contributed by atoms with Crippen LogP contribution in [0.15, 0.2) is 59.7 Å². The van der Waals surface area contributed by atoms with E-state index in [1.54, 1.807) is 0 Å². The molecule has 0 saturated heterocycles. The first-order valence-electron chi connectivity index (χ1n) is 5.99. The van der Waals surface area contributed by atoms with Crippen LogP contribution in [0.2, 0.25) is 5.02 Å². The number of nitrogens with zero attached hydrogens (tertiary/aromatic N) is 2. The van der Waals surface area contributed by atoms with E-state index < -0.39 is 0 Å². The van der Waals surface area contributed by atoms with Crippen LogP contribution in [0.5, 0.6) is 0 Å². The molecule has 0 aliphatic carbocycles. The number of rotatable bonds is 2. The van der Waals surface area contributed by atoms with E-state index >= 15 is 0 Å². The fourth-order valence-corrected chi connectivity index (χ4v) is 2.30. The summed E-state index contributed by atoms with van der Waals surface area (Å²) in [6.07, 6.45) is 0.969. The summed E-state index contributed by atoms with van der Waals surface area (Å²) in [5.74, 6) is 0. The van der Waals surface area contributed by atoms with Gasteiger partial charge in [-0.15, -0.1) is 0 Å². The molecule has 1 aliphatic rings. The van der Waals surface area contributed by atoms with Gasteiger partial charge in [0.05, 0.1) is 11.4 Å². The molecular formula is C15H13ClN2. The minimum absolute atomic E-state index is 0.746. The molecule has 0 bridgehead atoms. The Balaban J connectivity index is 1.88. The highest BCUT2D eigenvalue weighted by Crippen LogP contribution is 2.24. The Morgan fingerprint density at radius 1 is 1.00 bits per heavy atom. The Morgan fingerprint density at radius 2 is 1.83 bits per heavy atom. The minimum atomic E-state index is 0.746. The smallest absolute Gasteiger partial charge is 0.0700 e. The van der Waals surface area contributed by atoms with E-state index in [-0.39, 0.29) is 0 Å². The van der Waals surface area contributed by atoms with E-state index in [1.807, 2.05) is 47.5 Å². The van der Waals surface area contributed by atoms with E-state index in [1.165, 1.54) is 5.56 Å². The second kappa shape index (κ2) is 4.83. The summed E-state index contributed by atoms with van der Waals surface area (Å²) in [5.41, 5.74) is 3.38. The number of anilines is 1. The summed E-state index contributed by atoms with van der Waals surface area (Å²) in [7, 11) is 0. The zero-order chi connectivity index (χ0) is 12.4. The predicted octanol–water partition coefficient (Wildman–Crippen LogP) is 3.95. The predicted molar refractivity (Wildman–Crippen MR) is 76.4 cm³/mol. The zero-order valence-electron chi connectivity index (χ0n) is 9.88. The van der Waals surface area contributed by atoms with Crippen molar-refractivity contribution >= 4 is 23.0 Å². The first kappa shape index (κ1) is 11.3. The van der Waals surface area contributed by atoms with Crippen molar-refractivity contribution in [3.05, 3.63) is 65.2 Å². The molecule has 0 atom stereocenters. The van der Waals surface area contributed by atoms with Gasteiger partial charge >= 0.3 is 0 Å². The molecule has 0 N–H and O–H groups in total. The van der Waals surface area contributed by atoms with Crippen molar-refractivity contribution < 1.29 is 0 Å². The lowest BCUT2D eigenvalue weighted by molar-refractivity contribution is 0.922. The summed E-state index contributed by atoms with van der Waals surface area (Å²) in [6.45, 7) is 0.907. The van der Waals surface area contributed by atoms with Crippen LogP contribution in [0.1, 0.15) is 12.0 Å². The molecule has 2 aromatic rings. The maximum absolute atomic E-state index is 6.00. The Kier molecular flexibility index (Phi) is 3.03. The molecule has 3 heteroatoms. The van der Waals surface area contributed by atoms with Crippen molar-refractivity contribution in [2.45, 2.75) is 6.42 Å². The molecule has 90 valence electrons. The van der Waals surface area contributed by atoms with Crippen LogP contribution in [0.25, 0.3) is 0 Å². The SMILES string of the molecule is Clc1cccc(N2CCC(c3ccccc3)=N2)c1. The lowest BCUT2D eigenvalue weighted by Crippen LogP contribution is -2.11. The summed E-state index contributed by atoms with van der Waals surface area (Å²) >= 11 is 6.00. The van der Waals surface area contributed by atoms with Gasteiger partial charge in [-0.05, 0) is 23.8 Å². The van der Waals surface area contributed by atoms with Crippen LogP contribution in [-0.2, 0) is 0 Å². The number of hydrogen-bond acceptors (Lipinski definition) is 2. The molecule has 2 aromatic carbocycles. The normalized spacial score (nSPS) is 14.7. The number of halogens is 1. The molecule has 0 saturated carbocycles. The van der Waals surface area contributed by atoms with Gasteiger partial charge in [-0.25, -0.2) is 0 Å². The zero-order valence-corrected chi connectivity index (χ0v) is 10.6. The van der Waals surface area contributed by atoms with E-state index in [4.69, 9.17) is 11.6 Å². The number of hydrazone groups is 1. The first-order valence-corrected chi connectivity index (χ1v) is 6.37. The highest BCUT2D eigenvalue weighted by molar-refractivity contribution is 6.30. The topological polar surface area (TPSA) is 15.6 Å². The van der Waals surface area contributed by atoms with Crippen molar-refractivity contribution in [1.29, 1.82) is 0 Å². The maximum Gasteiger partial charge on any atom is 0.0700 e. The average molecular weight is 257 g/mol. The van der Waals surface area contributed by atoms with E-state index in [0.717, 1.165) is 29.4 Å². The largest absolute Gasteiger partial charge is 0.265 e. The van der Waals surface area contributed by atoms with Crippen molar-refractivity contribution in [3.63, 3.8) is 0 Å². The second-order valence-corrected chi connectivity index (χ2v) is 4.70. The Morgan fingerprint density at radius 3 is 2.61 bits per heavy atom. The molecule has 18 heavy (non-hydrogen) atoms. The third kappa shape index (κ3) is 2.24. The average Bonchev–Trinajstić information content (AvgIpc) is 2.89. The van der Waals surface area contributed by atoms with Crippen LogP contribution < -0.4 is 5.01 Å². The Hall–Kier alpha value is -1.80. The molecule has 0 spiro atoms. The van der Waals surface area contributed by atoms with Gasteiger partial charge in [-0.3, -0.25) is 5.01 Å². The van der Waals surface area contributed by atoms with Gasteiger partial charge in [-0.2, -0.15) is 5.10 Å². The lowest BCUT2D eigenvalue weighted by atomic mass is 10.1. The van der Waals surface area contributed by atoms with E-state index in [9.17, 15) is 0 Å². The van der Waals surface area contributed by atoms with Crippen molar-refractivity contribution in [2.75, 3.05) is 11.6 Å². The third-order valence-electron chi connectivity index (χ3n) is 3.02. The summed E-state index contributed by atoms with van der Waals surface area (Å²) in [5, 5.41) is 7.42. The van der Waals surface area contributed by atoms with Crippen LogP contribution in [0, 0.1) is 0 Å². The summed E-state index contributed by atoms with van der Waals surface area (Å²) in [6, 6.07) is 18.1. The van der Waals surface area contributed by atoms with E-state index in [0.29, 0.717) is 0 Å². The molecule has 2 nitrogen and oxygen atoms in total. The van der Waals surface area contributed by atoms with Crippen LogP contribution in [0.4, 0.5) is 5.69 Å². The number of hydrogen-bond donors (Lipinski definition) is 0. The molecule has 0 amide bonds. The Labute approximate surface area is 112 Å². The molecule has 1 aliphatic heterocycles. The van der Waals surface area contributed by atoms with Gasteiger partial charge in [-0.1, -0.05) is 48.0 Å². The quantitative estimate of drug-likeness (QED) is 0.794.